The number of rotatable bonds is 4. The lowest BCUT2D eigenvalue weighted by molar-refractivity contribution is -0.141. The summed E-state index contributed by atoms with van der Waals surface area (Å²) in [6.07, 6.45) is 1.02. The number of hydrogen-bond donors (Lipinski definition) is 1. The maximum atomic E-state index is 11.4. The number of nitrogens with zero attached hydrogens (tertiary/aromatic N) is 3. The number of methoxy groups -OCH3 is 1. The number of esters is 1. The van der Waals surface area contributed by atoms with E-state index in [2.05, 4.69) is 20.4 Å². The topological polar surface area (TPSA) is 95.3 Å². The summed E-state index contributed by atoms with van der Waals surface area (Å²) >= 11 is 0. The van der Waals surface area contributed by atoms with Crippen LogP contribution in [0.1, 0.15) is 26.5 Å². The molecule has 1 amide bonds. The average Bonchev–Trinajstić information content (AvgIpc) is 2.71. The lowest BCUT2D eigenvalue weighted by atomic mass is 10.2. The van der Waals surface area contributed by atoms with E-state index < -0.39 is 17.7 Å². The summed E-state index contributed by atoms with van der Waals surface area (Å²) in [4.78, 5) is 22.4. The predicted molar refractivity (Wildman–Crippen MR) is 65.1 cm³/mol. The van der Waals surface area contributed by atoms with Crippen molar-refractivity contribution in [3.63, 3.8) is 0 Å². The van der Waals surface area contributed by atoms with E-state index in [1.165, 1.54) is 11.8 Å². The molecular formula is C11H18N4O4. The van der Waals surface area contributed by atoms with Crippen LogP contribution >= 0.6 is 0 Å². The highest BCUT2D eigenvalue weighted by Crippen LogP contribution is 2.06. The highest BCUT2D eigenvalue weighted by molar-refractivity contribution is 5.68. The van der Waals surface area contributed by atoms with Gasteiger partial charge in [0.1, 0.15) is 17.8 Å². The molecule has 8 heteroatoms. The molecule has 0 unspecified atom stereocenters. The molecular weight excluding hydrogens is 252 g/mol. The highest BCUT2D eigenvalue weighted by Gasteiger charge is 2.16. The summed E-state index contributed by atoms with van der Waals surface area (Å²) in [6.45, 7) is 5.49. The maximum Gasteiger partial charge on any atom is 0.407 e. The lowest BCUT2D eigenvalue weighted by Crippen LogP contribution is -2.32. The van der Waals surface area contributed by atoms with Crippen LogP contribution in [0.25, 0.3) is 0 Å². The van der Waals surface area contributed by atoms with Crippen molar-refractivity contribution in [2.75, 3.05) is 7.11 Å². The number of alkyl carbamates (subject to hydrolysis) is 1. The third-order valence-corrected chi connectivity index (χ3v) is 1.92. The molecule has 8 nitrogen and oxygen atoms in total. The van der Waals surface area contributed by atoms with Gasteiger partial charge in [-0.1, -0.05) is 5.21 Å². The van der Waals surface area contributed by atoms with Crippen LogP contribution in [0.15, 0.2) is 6.20 Å². The van der Waals surface area contributed by atoms with Crippen LogP contribution in [-0.4, -0.2) is 39.8 Å². The van der Waals surface area contributed by atoms with E-state index in [9.17, 15) is 9.59 Å². The number of nitrogens with one attached hydrogen (secondary N) is 1. The number of hydrogen-bond acceptors (Lipinski definition) is 6. The first-order valence-corrected chi connectivity index (χ1v) is 5.73. The Kier molecular flexibility index (Phi) is 4.85. The summed E-state index contributed by atoms with van der Waals surface area (Å²) in [6, 6.07) is 0. The molecule has 0 bridgehead atoms. The molecule has 0 saturated carbocycles. The van der Waals surface area contributed by atoms with E-state index in [1.54, 1.807) is 27.0 Å². The minimum atomic E-state index is -0.549. The molecule has 0 aromatic carbocycles. The predicted octanol–water partition coefficient (Wildman–Crippen LogP) is 0.476. The fraction of sp³-hybridized carbons (Fsp3) is 0.636. The van der Waals surface area contributed by atoms with Crippen LogP contribution in [0.4, 0.5) is 4.79 Å². The average molecular weight is 270 g/mol. The Morgan fingerprint density at radius 1 is 1.42 bits per heavy atom. The first kappa shape index (κ1) is 14.9. The van der Waals surface area contributed by atoms with E-state index in [0.29, 0.717) is 5.69 Å². The van der Waals surface area contributed by atoms with Crippen molar-refractivity contribution in [2.45, 2.75) is 39.5 Å². The molecule has 0 aliphatic heterocycles. The van der Waals surface area contributed by atoms with Gasteiger partial charge in [-0.25, -0.2) is 9.48 Å². The Hall–Kier alpha value is -2.12. The molecule has 0 aliphatic rings. The van der Waals surface area contributed by atoms with E-state index in [1.807, 2.05) is 0 Å². The van der Waals surface area contributed by atoms with Crippen LogP contribution in [0.3, 0.4) is 0 Å². The van der Waals surface area contributed by atoms with Crippen molar-refractivity contribution in [3.8, 4) is 0 Å². The van der Waals surface area contributed by atoms with Crippen molar-refractivity contribution in [1.82, 2.24) is 20.3 Å². The molecule has 106 valence electrons. The largest absolute Gasteiger partial charge is 0.468 e. The molecule has 0 fully saturated rings. The van der Waals surface area contributed by atoms with E-state index in [4.69, 9.17) is 4.74 Å². The van der Waals surface area contributed by atoms with Gasteiger partial charge in [0.2, 0.25) is 0 Å². The van der Waals surface area contributed by atoms with E-state index in [-0.39, 0.29) is 13.1 Å². The normalized spacial score (nSPS) is 10.9. The summed E-state index contributed by atoms with van der Waals surface area (Å²) in [5.74, 6) is -0.420. The van der Waals surface area contributed by atoms with Crippen molar-refractivity contribution in [2.24, 2.45) is 0 Å². The summed E-state index contributed by atoms with van der Waals surface area (Å²) in [5.41, 5.74) is -0.0261. The first-order chi connectivity index (χ1) is 8.80. The van der Waals surface area contributed by atoms with Crippen LogP contribution < -0.4 is 5.32 Å². The summed E-state index contributed by atoms with van der Waals surface area (Å²) < 4.78 is 10.9. The molecule has 0 aliphatic carbocycles. The van der Waals surface area contributed by atoms with Crippen LogP contribution in [0.5, 0.6) is 0 Å². The number of aromatic nitrogens is 3. The minimum Gasteiger partial charge on any atom is -0.468 e. The monoisotopic (exact) mass is 270 g/mol. The minimum absolute atomic E-state index is 0.0179. The molecule has 19 heavy (non-hydrogen) atoms. The van der Waals surface area contributed by atoms with Gasteiger partial charge in [0.15, 0.2) is 0 Å². The van der Waals surface area contributed by atoms with E-state index in [0.717, 1.165) is 0 Å². The van der Waals surface area contributed by atoms with Gasteiger partial charge >= 0.3 is 12.1 Å². The second-order valence-electron chi connectivity index (χ2n) is 4.84. The van der Waals surface area contributed by atoms with Gasteiger partial charge in [0, 0.05) is 0 Å². The molecule has 0 saturated heterocycles. The third-order valence-electron chi connectivity index (χ3n) is 1.92. The Balaban J connectivity index is 2.42. The van der Waals surface area contributed by atoms with Crippen molar-refractivity contribution in [3.05, 3.63) is 11.9 Å². The number of carbonyl (C=O) groups is 2. The summed E-state index contributed by atoms with van der Waals surface area (Å²) in [5, 5.41) is 10.1. The van der Waals surface area contributed by atoms with Crippen LogP contribution in [-0.2, 0) is 27.4 Å². The fourth-order valence-corrected chi connectivity index (χ4v) is 1.17. The highest BCUT2D eigenvalue weighted by atomic mass is 16.6. The van der Waals surface area contributed by atoms with Crippen LogP contribution in [0.2, 0.25) is 0 Å². The standard InChI is InChI=1S/C11H18N4O4/c1-11(2,3)19-10(17)12-5-8-6-15(14-13-8)7-9(16)18-4/h6H,5,7H2,1-4H3,(H,12,17). The smallest absolute Gasteiger partial charge is 0.407 e. The lowest BCUT2D eigenvalue weighted by Gasteiger charge is -2.19. The van der Waals surface area contributed by atoms with Gasteiger partial charge < -0.3 is 14.8 Å². The number of amides is 1. The number of carbonyl (C=O) groups excluding carboxylic acids is 2. The molecule has 1 rings (SSSR count). The quantitative estimate of drug-likeness (QED) is 0.799. The molecule has 1 N–H and O–H groups in total. The van der Waals surface area contributed by atoms with Gasteiger partial charge in [-0.05, 0) is 20.8 Å². The number of ether oxygens (including phenoxy) is 2. The molecule has 0 radical (unpaired) electrons. The second kappa shape index (κ2) is 6.17. The van der Waals surface area contributed by atoms with Gasteiger partial charge in [0.05, 0.1) is 19.9 Å². The molecule has 1 aromatic rings. The van der Waals surface area contributed by atoms with Gasteiger partial charge in [-0.15, -0.1) is 5.10 Å². The van der Waals surface area contributed by atoms with Gasteiger partial charge in [0.25, 0.3) is 0 Å². The van der Waals surface area contributed by atoms with E-state index >= 15 is 0 Å². The van der Waals surface area contributed by atoms with Crippen molar-refractivity contribution < 1.29 is 19.1 Å². The molecule has 1 heterocycles. The first-order valence-electron chi connectivity index (χ1n) is 5.73. The Bertz CT molecular complexity index is 450. The third kappa shape index (κ3) is 5.84. The van der Waals surface area contributed by atoms with Gasteiger partial charge in [-0.2, -0.15) is 0 Å². The SMILES string of the molecule is COC(=O)Cn1cc(CNC(=O)OC(C)(C)C)nn1. The second-order valence-corrected chi connectivity index (χ2v) is 4.84. The van der Waals surface area contributed by atoms with Crippen molar-refractivity contribution >= 4 is 12.1 Å². The summed E-state index contributed by atoms with van der Waals surface area (Å²) in [7, 11) is 1.30. The van der Waals surface area contributed by atoms with Gasteiger partial charge in [-0.3, -0.25) is 4.79 Å². The zero-order valence-corrected chi connectivity index (χ0v) is 11.5. The Morgan fingerprint density at radius 2 is 2.11 bits per heavy atom. The van der Waals surface area contributed by atoms with Crippen molar-refractivity contribution in [1.29, 1.82) is 0 Å². The molecule has 0 atom stereocenters. The maximum absolute atomic E-state index is 11.4. The molecule has 0 spiro atoms. The fourth-order valence-electron chi connectivity index (χ4n) is 1.17. The zero-order valence-electron chi connectivity index (χ0n) is 11.5. The molecule has 1 aromatic heterocycles. The Morgan fingerprint density at radius 3 is 2.68 bits per heavy atom. The Labute approximate surface area is 111 Å². The van der Waals surface area contributed by atoms with Crippen LogP contribution in [0, 0.1) is 0 Å². The zero-order chi connectivity index (χ0) is 14.5.